The lowest BCUT2D eigenvalue weighted by molar-refractivity contribution is 0.521. The van der Waals surface area contributed by atoms with Gasteiger partial charge < -0.3 is 9.32 Å². The van der Waals surface area contributed by atoms with Gasteiger partial charge in [-0.3, -0.25) is 0 Å². The molecule has 1 heterocycles. The lowest BCUT2D eigenvalue weighted by Gasteiger charge is -2.17. The van der Waals surface area contributed by atoms with Crippen LogP contribution in [-0.4, -0.2) is 13.1 Å². The first kappa shape index (κ1) is 8.66. The monoisotopic (exact) mass is 164 g/mol. The van der Waals surface area contributed by atoms with E-state index in [0.29, 0.717) is 0 Å². The standard InChI is InChI=1S/C9H12N2O/c1-7(6-10)11(3)9-5-4-8(2)12-9/h4-5,7H,1-3H3. The van der Waals surface area contributed by atoms with Crippen molar-refractivity contribution in [3.63, 3.8) is 0 Å². The molecule has 0 aliphatic carbocycles. The van der Waals surface area contributed by atoms with Crippen molar-refractivity contribution >= 4 is 5.88 Å². The Labute approximate surface area is 72.2 Å². The van der Waals surface area contributed by atoms with Gasteiger partial charge in [0.2, 0.25) is 0 Å². The number of nitrogens with zero attached hydrogens (tertiary/aromatic N) is 2. The van der Waals surface area contributed by atoms with E-state index in [4.69, 9.17) is 9.68 Å². The number of aryl methyl sites for hydroxylation is 1. The summed E-state index contributed by atoms with van der Waals surface area (Å²) in [5.74, 6) is 1.60. The number of rotatable bonds is 2. The van der Waals surface area contributed by atoms with Crippen LogP contribution in [-0.2, 0) is 0 Å². The van der Waals surface area contributed by atoms with E-state index < -0.39 is 0 Å². The molecule has 3 heteroatoms. The predicted octanol–water partition coefficient (Wildman–Crippen LogP) is 1.94. The highest BCUT2D eigenvalue weighted by Gasteiger charge is 2.10. The Balaban J connectivity index is 2.79. The molecular formula is C9H12N2O. The van der Waals surface area contributed by atoms with Crippen LogP contribution in [0, 0.1) is 18.3 Å². The van der Waals surface area contributed by atoms with Gasteiger partial charge in [-0.05, 0) is 19.9 Å². The summed E-state index contributed by atoms with van der Waals surface area (Å²) in [5, 5.41) is 8.64. The molecule has 64 valence electrons. The van der Waals surface area contributed by atoms with Crippen molar-refractivity contribution in [2.24, 2.45) is 0 Å². The largest absolute Gasteiger partial charge is 0.446 e. The van der Waals surface area contributed by atoms with Crippen LogP contribution in [0.5, 0.6) is 0 Å². The Hall–Kier alpha value is -1.43. The third-order valence-corrected chi connectivity index (χ3v) is 1.84. The summed E-state index contributed by atoms with van der Waals surface area (Å²) in [6.07, 6.45) is 0. The number of furan rings is 1. The first-order valence-electron chi connectivity index (χ1n) is 3.84. The van der Waals surface area contributed by atoms with Crippen LogP contribution in [0.25, 0.3) is 0 Å². The lowest BCUT2D eigenvalue weighted by atomic mass is 10.3. The Morgan fingerprint density at radius 1 is 1.58 bits per heavy atom. The quantitative estimate of drug-likeness (QED) is 0.670. The minimum atomic E-state index is -0.157. The maximum atomic E-state index is 8.64. The molecule has 0 spiro atoms. The van der Waals surface area contributed by atoms with Crippen molar-refractivity contribution in [2.75, 3.05) is 11.9 Å². The SMILES string of the molecule is Cc1ccc(N(C)C(C)C#N)o1. The van der Waals surface area contributed by atoms with Crippen LogP contribution in [0.2, 0.25) is 0 Å². The minimum absolute atomic E-state index is 0.157. The van der Waals surface area contributed by atoms with E-state index in [1.54, 1.807) is 4.90 Å². The molecule has 0 aromatic carbocycles. The summed E-state index contributed by atoms with van der Waals surface area (Å²) in [5.41, 5.74) is 0. The number of hydrogen-bond donors (Lipinski definition) is 0. The van der Waals surface area contributed by atoms with Crippen LogP contribution in [0.4, 0.5) is 5.88 Å². The van der Waals surface area contributed by atoms with Gasteiger partial charge in [0.05, 0.1) is 6.07 Å². The Morgan fingerprint density at radius 3 is 2.67 bits per heavy atom. The van der Waals surface area contributed by atoms with Gasteiger partial charge in [0.25, 0.3) is 0 Å². The second kappa shape index (κ2) is 3.31. The van der Waals surface area contributed by atoms with Crippen molar-refractivity contribution in [1.82, 2.24) is 0 Å². The molecule has 0 amide bonds. The van der Waals surface area contributed by atoms with Gasteiger partial charge in [-0.2, -0.15) is 5.26 Å². The van der Waals surface area contributed by atoms with Gasteiger partial charge in [0, 0.05) is 13.1 Å². The van der Waals surface area contributed by atoms with E-state index in [1.807, 2.05) is 33.0 Å². The topological polar surface area (TPSA) is 40.2 Å². The molecular weight excluding hydrogens is 152 g/mol. The predicted molar refractivity (Wildman–Crippen MR) is 46.9 cm³/mol. The molecule has 0 aliphatic heterocycles. The molecule has 0 saturated carbocycles. The summed E-state index contributed by atoms with van der Waals surface area (Å²) in [7, 11) is 1.84. The van der Waals surface area contributed by atoms with Crippen molar-refractivity contribution in [3.05, 3.63) is 17.9 Å². The summed E-state index contributed by atoms with van der Waals surface area (Å²) in [4.78, 5) is 1.80. The maximum absolute atomic E-state index is 8.64. The first-order chi connectivity index (χ1) is 5.65. The van der Waals surface area contributed by atoms with Gasteiger partial charge in [-0.25, -0.2) is 0 Å². The van der Waals surface area contributed by atoms with E-state index in [0.717, 1.165) is 11.6 Å². The van der Waals surface area contributed by atoms with Gasteiger partial charge in [-0.1, -0.05) is 0 Å². The van der Waals surface area contributed by atoms with Crippen molar-refractivity contribution in [1.29, 1.82) is 5.26 Å². The van der Waals surface area contributed by atoms with Crippen LogP contribution in [0.3, 0.4) is 0 Å². The molecule has 0 bridgehead atoms. The van der Waals surface area contributed by atoms with E-state index in [-0.39, 0.29) is 6.04 Å². The first-order valence-corrected chi connectivity index (χ1v) is 3.84. The average Bonchev–Trinajstić information content (AvgIpc) is 2.49. The highest BCUT2D eigenvalue weighted by atomic mass is 16.4. The fraction of sp³-hybridized carbons (Fsp3) is 0.444. The van der Waals surface area contributed by atoms with Crippen molar-refractivity contribution < 1.29 is 4.42 Å². The Kier molecular flexibility index (Phi) is 2.39. The molecule has 0 aliphatic rings. The third kappa shape index (κ3) is 1.59. The lowest BCUT2D eigenvalue weighted by Crippen LogP contribution is -2.26. The van der Waals surface area contributed by atoms with Crippen molar-refractivity contribution in [3.8, 4) is 6.07 Å². The molecule has 0 radical (unpaired) electrons. The van der Waals surface area contributed by atoms with Gasteiger partial charge in [0.1, 0.15) is 11.8 Å². The van der Waals surface area contributed by atoms with Gasteiger partial charge >= 0.3 is 0 Å². The summed E-state index contributed by atoms with van der Waals surface area (Å²) >= 11 is 0. The molecule has 0 N–H and O–H groups in total. The molecule has 0 saturated heterocycles. The van der Waals surface area contributed by atoms with E-state index in [1.165, 1.54) is 0 Å². The van der Waals surface area contributed by atoms with Crippen molar-refractivity contribution in [2.45, 2.75) is 19.9 Å². The highest BCUT2D eigenvalue weighted by molar-refractivity contribution is 5.38. The van der Waals surface area contributed by atoms with Gasteiger partial charge in [0.15, 0.2) is 5.88 Å². The van der Waals surface area contributed by atoms with E-state index in [2.05, 4.69) is 6.07 Å². The third-order valence-electron chi connectivity index (χ3n) is 1.84. The smallest absolute Gasteiger partial charge is 0.196 e. The fourth-order valence-corrected chi connectivity index (χ4v) is 0.889. The number of anilines is 1. The Bertz CT molecular complexity index is 298. The zero-order valence-electron chi connectivity index (χ0n) is 7.53. The second-order valence-corrected chi connectivity index (χ2v) is 2.80. The van der Waals surface area contributed by atoms with Crippen LogP contribution >= 0.6 is 0 Å². The van der Waals surface area contributed by atoms with Crippen LogP contribution < -0.4 is 4.90 Å². The molecule has 1 unspecified atom stereocenters. The Morgan fingerprint density at radius 2 is 2.25 bits per heavy atom. The molecule has 1 aromatic rings. The number of hydrogen-bond acceptors (Lipinski definition) is 3. The summed E-state index contributed by atoms with van der Waals surface area (Å²) in [6.45, 7) is 3.71. The fourth-order valence-electron chi connectivity index (χ4n) is 0.889. The minimum Gasteiger partial charge on any atom is -0.446 e. The molecule has 3 nitrogen and oxygen atoms in total. The summed E-state index contributed by atoms with van der Waals surface area (Å²) < 4.78 is 5.34. The average molecular weight is 164 g/mol. The van der Waals surface area contributed by atoms with E-state index >= 15 is 0 Å². The second-order valence-electron chi connectivity index (χ2n) is 2.80. The maximum Gasteiger partial charge on any atom is 0.196 e. The van der Waals surface area contributed by atoms with Crippen LogP contribution in [0.15, 0.2) is 16.5 Å². The van der Waals surface area contributed by atoms with E-state index in [9.17, 15) is 0 Å². The summed E-state index contributed by atoms with van der Waals surface area (Å²) in [6, 6.07) is 5.73. The molecule has 12 heavy (non-hydrogen) atoms. The number of nitriles is 1. The molecule has 0 fully saturated rings. The normalized spacial score (nSPS) is 12.2. The molecule has 1 rings (SSSR count). The van der Waals surface area contributed by atoms with Gasteiger partial charge in [-0.15, -0.1) is 0 Å². The zero-order chi connectivity index (χ0) is 9.14. The molecule has 1 atom stereocenters. The highest BCUT2D eigenvalue weighted by Crippen LogP contribution is 2.17. The van der Waals surface area contributed by atoms with Crippen LogP contribution in [0.1, 0.15) is 12.7 Å². The molecule has 1 aromatic heterocycles. The zero-order valence-corrected chi connectivity index (χ0v) is 7.53.